The largest absolute Gasteiger partial charge is 0.480 e. The van der Waals surface area contributed by atoms with Gasteiger partial charge in [0.15, 0.2) is 0 Å². The van der Waals surface area contributed by atoms with Crippen LogP contribution >= 0.6 is 0 Å². The molecule has 0 aromatic heterocycles. The molecule has 0 saturated carbocycles. The van der Waals surface area contributed by atoms with E-state index in [1.807, 2.05) is 0 Å². The van der Waals surface area contributed by atoms with Crippen molar-refractivity contribution in [3.8, 4) is 0 Å². The molecule has 0 aliphatic carbocycles. The van der Waals surface area contributed by atoms with Gasteiger partial charge in [-0.2, -0.15) is 0 Å². The molecule has 184 valence electrons. The highest BCUT2D eigenvalue weighted by molar-refractivity contribution is 5.95. The molecule has 4 atom stereocenters. The van der Waals surface area contributed by atoms with E-state index < -0.39 is 53.8 Å². The SMILES string of the molecule is NC(=O)CCC(NC(=O)C1CCCN1C(=O)C(CCC(N)=O)NC(=O)C1CCCN1)C(=O)O. The lowest BCUT2D eigenvalue weighted by atomic mass is 10.1. The first-order valence-electron chi connectivity index (χ1n) is 11.0. The molecule has 33 heavy (non-hydrogen) atoms. The smallest absolute Gasteiger partial charge is 0.326 e. The van der Waals surface area contributed by atoms with Crippen molar-refractivity contribution in [2.45, 2.75) is 75.5 Å². The molecule has 2 rings (SSSR count). The fourth-order valence-electron chi connectivity index (χ4n) is 4.04. The summed E-state index contributed by atoms with van der Waals surface area (Å²) in [4.78, 5) is 73.5. The van der Waals surface area contributed by atoms with Crippen molar-refractivity contribution in [2.24, 2.45) is 11.5 Å². The molecule has 13 nitrogen and oxygen atoms in total. The van der Waals surface area contributed by atoms with E-state index in [0.717, 1.165) is 6.42 Å². The number of aliphatic carboxylic acids is 1. The number of hydrogen-bond donors (Lipinski definition) is 6. The third-order valence-electron chi connectivity index (χ3n) is 5.80. The van der Waals surface area contributed by atoms with Crippen molar-refractivity contribution < 1.29 is 33.9 Å². The molecule has 0 bridgehead atoms. The van der Waals surface area contributed by atoms with Crippen molar-refractivity contribution in [3.63, 3.8) is 0 Å². The quantitative estimate of drug-likeness (QED) is 0.177. The highest BCUT2D eigenvalue weighted by Gasteiger charge is 2.39. The summed E-state index contributed by atoms with van der Waals surface area (Å²) in [7, 11) is 0. The molecule has 2 saturated heterocycles. The van der Waals surface area contributed by atoms with Crippen LogP contribution in [0.4, 0.5) is 0 Å². The van der Waals surface area contributed by atoms with E-state index in [9.17, 15) is 33.9 Å². The van der Waals surface area contributed by atoms with E-state index in [-0.39, 0.29) is 38.1 Å². The van der Waals surface area contributed by atoms with Gasteiger partial charge in [-0.15, -0.1) is 0 Å². The first-order chi connectivity index (χ1) is 15.6. The zero-order valence-corrected chi connectivity index (χ0v) is 18.4. The Morgan fingerprint density at radius 2 is 1.52 bits per heavy atom. The maximum absolute atomic E-state index is 13.2. The van der Waals surface area contributed by atoms with Gasteiger partial charge in [-0.25, -0.2) is 4.79 Å². The van der Waals surface area contributed by atoms with Crippen LogP contribution in [0.1, 0.15) is 51.4 Å². The van der Waals surface area contributed by atoms with Gasteiger partial charge in [0.2, 0.25) is 29.5 Å². The van der Waals surface area contributed by atoms with E-state index in [0.29, 0.717) is 25.8 Å². The maximum Gasteiger partial charge on any atom is 0.326 e. The fourth-order valence-corrected chi connectivity index (χ4v) is 4.04. The van der Waals surface area contributed by atoms with Crippen LogP contribution in [0.15, 0.2) is 0 Å². The molecule has 13 heteroatoms. The summed E-state index contributed by atoms with van der Waals surface area (Å²) in [5.41, 5.74) is 10.3. The van der Waals surface area contributed by atoms with Crippen LogP contribution in [0.2, 0.25) is 0 Å². The predicted molar refractivity (Wildman–Crippen MR) is 114 cm³/mol. The van der Waals surface area contributed by atoms with Crippen molar-refractivity contribution in [2.75, 3.05) is 13.1 Å². The molecule has 5 amide bonds. The Labute approximate surface area is 191 Å². The van der Waals surface area contributed by atoms with Gasteiger partial charge in [-0.1, -0.05) is 0 Å². The van der Waals surface area contributed by atoms with Crippen LogP contribution in [0, 0.1) is 0 Å². The zero-order valence-electron chi connectivity index (χ0n) is 18.4. The lowest BCUT2D eigenvalue weighted by Gasteiger charge is -2.30. The van der Waals surface area contributed by atoms with Crippen LogP contribution in [-0.4, -0.2) is 82.8 Å². The molecular formula is C20H32N6O7. The van der Waals surface area contributed by atoms with Crippen LogP contribution in [0.3, 0.4) is 0 Å². The third-order valence-corrected chi connectivity index (χ3v) is 5.80. The number of carboxylic acids is 1. The standard InChI is InChI=1S/C20H32N6O7/c21-15(27)7-5-12(24-17(29)11-3-1-9-23-11)19(31)26-10-2-4-14(26)18(30)25-13(20(32)33)6-8-16(22)28/h11-14,23H,1-10H2,(H2,21,27)(H2,22,28)(H,24,29)(H,25,30)(H,32,33). The minimum absolute atomic E-state index is 0.0200. The first-order valence-corrected chi connectivity index (χ1v) is 11.0. The summed E-state index contributed by atoms with van der Waals surface area (Å²) in [5.74, 6) is -4.23. The molecule has 2 aliphatic rings. The monoisotopic (exact) mass is 468 g/mol. The summed E-state index contributed by atoms with van der Waals surface area (Å²) in [6.07, 6.45) is 1.71. The Bertz CT molecular complexity index is 783. The molecule has 2 heterocycles. The summed E-state index contributed by atoms with van der Waals surface area (Å²) >= 11 is 0. The topological polar surface area (TPSA) is 214 Å². The second kappa shape index (κ2) is 12.1. The predicted octanol–water partition coefficient (Wildman–Crippen LogP) is -2.69. The van der Waals surface area contributed by atoms with E-state index in [1.165, 1.54) is 4.90 Å². The lowest BCUT2D eigenvalue weighted by molar-refractivity contribution is -0.145. The summed E-state index contributed by atoms with van der Waals surface area (Å²) < 4.78 is 0. The second-order valence-electron chi connectivity index (χ2n) is 8.31. The number of carbonyl (C=O) groups is 6. The Morgan fingerprint density at radius 3 is 2.06 bits per heavy atom. The number of primary amides is 2. The van der Waals surface area contributed by atoms with E-state index in [4.69, 9.17) is 11.5 Å². The average Bonchev–Trinajstić information content (AvgIpc) is 3.44. The first kappa shape index (κ1) is 26.0. The summed E-state index contributed by atoms with van der Waals surface area (Å²) in [6, 6.07) is -3.76. The van der Waals surface area contributed by atoms with E-state index >= 15 is 0 Å². The van der Waals surface area contributed by atoms with Gasteiger partial charge in [0.1, 0.15) is 18.1 Å². The Balaban J connectivity index is 2.09. The number of nitrogens with one attached hydrogen (secondary N) is 3. The summed E-state index contributed by atoms with van der Waals surface area (Å²) in [5, 5.41) is 17.4. The summed E-state index contributed by atoms with van der Waals surface area (Å²) in [6.45, 7) is 0.924. The Hall–Kier alpha value is -3.22. The molecular weight excluding hydrogens is 436 g/mol. The number of nitrogens with zero attached hydrogens (tertiary/aromatic N) is 1. The minimum atomic E-state index is -1.33. The zero-order chi connectivity index (χ0) is 24.5. The van der Waals surface area contributed by atoms with Gasteiger partial charge in [0.25, 0.3) is 0 Å². The average molecular weight is 469 g/mol. The number of rotatable bonds is 12. The van der Waals surface area contributed by atoms with E-state index in [2.05, 4.69) is 16.0 Å². The van der Waals surface area contributed by atoms with Crippen LogP contribution in [0.5, 0.6) is 0 Å². The van der Waals surface area contributed by atoms with Crippen molar-refractivity contribution in [1.29, 1.82) is 0 Å². The molecule has 0 aromatic carbocycles. The van der Waals surface area contributed by atoms with Crippen LogP contribution in [0.25, 0.3) is 0 Å². The molecule has 4 unspecified atom stereocenters. The van der Waals surface area contributed by atoms with Gasteiger partial charge in [0.05, 0.1) is 6.04 Å². The fraction of sp³-hybridized carbons (Fsp3) is 0.700. The number of amides is 5. The highest BCUT2D eigenvalue weighted by atomic mass is 16.4. The molecule has 0 aromatic rings. The molecule has 2 fully saturated rings. The van der Waals surface area contributed by atoms with Gasteiger partial charge in [-0.05, 0) is 45.1 Å². The van der Waals surface area contributed by atoms with Crippen LogP contribution < -0.4 is 27.4 Å². The van der Waals surface area contributed by atoms with Crippen LogP contribution in [-0.2, 0) is 28.8 Å². The van der Waals surface area contributed by atoms with Gasteiger partial charge in [-0.3, -0.25) is 24.0 Å². The van der Waals surface area contributed by atoms with Crippen molar-refractivity contribution >= 4 is 35.5 Å². The van der Waals surface area contributed by atoms with Gasteiger partial charge in [0, 0.05) is 19.4 Å². The highest BCUT2D eigenvalue weighted by Crippen LogP contribution is 2.20. The number of nitrogens with two attached hydrogens (primary N) is 2. The van der Waals surface area contributed by atoms with Crippen molar-refractivity contribution in [3.05, 3.63) is 0 Å². The number of carboxylic acid groups (broad SMARTS) is 1. The second-order valence-corrected chi connectivity index (χ2v) is 8.31. The van der Waals surface area contributed by atoms with Crippen molar-refractivity contribution in [1.82, 2.24) is 20.9 Å². The van der Waals surface area contributed by atoms with Gasteiger partial charge >= 0.3 is 5.97 Å². The molecule has 2 aliphatic heterocycles. The molecule has 0 spiro atoms. The Morgan fingerprint density at radius 1 is 0.909 bits per heavy atom. The Kier molecular flexibility index (Phi) is 9.57. The molecule has 0 radical (unpaired) electrons. The number of hydrogen-bond acceptors (Lipinski definition) is 7. The number of carbonyl (C=O) groups excluding carboxylic acids is 5. The maximum atomic E-state index is 13.2. The molecule has 8 N–H and O–H groups in total. The lowest BCUT2D eigenvalue weighted by Crippen LogP contribution is -2.56. The normalized spacial score (nSPS) is 21.8. The minimum Gasteiger partial charge on any atom is -0.480 e. The number of likely N-dealkylation sites (tertiary alicyclic amines) is 1. The van der Waals surface area contributed by atoms with Gasteiger partial charge < -0.3 is 37.4 Å². The van der Waals surface area contributed by atoms with E-state index in [1.54, 1.807) is 0 Å². The third kappa shape index (κ3) is 7.70.